The first kappa shape index (κ1) is 14.2. The number of nitrogens with zero attached hydrogens (tertiary/aromatic N) is 2. The van der Waals surface area contributed by atoms with Gasteiger partial charge in [-0.05, 0) is 6.07 Å². The lowest BCUT2D eigenvalue weighted by atomic mass is 10.3. The summed E-state index contributed by atoms with van der Waals surface area (Å²) in [5.74, 6) is 1.53. The summed E-state index contributed by atoms with van der Waals surface area (Å²) in [6, 6.07) is 5.58. The molecule has 100 valence electrons. The van der Waals surface area contributed by atoms with Gasteiger partial charge in [0.25, 0.3) is 0 Å². The largest absolute Gasteiger partial charge is 0.481 e. The molecule has 0 aromatic carbocycles. The molecule has 6 nitrogen and oxygen atoms in total. The fourth-order valence-corrected chi connectivity index (χ4v) is 1.49. The van der Waals surface area contributed by atoms with Crippen molar-refractivity contribution in [1.29, 1.82) is 5.41 Å². The third-order valence-corrected chi connectivity index (χ3v) is 2.46. The van der Waals surface area contributed by atoms with Crippen LogP contribution in [0.1, 0.15) is 6.42 Å². The maximum Gasteiger partial charge on any atom is 0.214 e. The molecule has 1 rings (SSSR count). The summed E-state index contributed by atoms with van der Waals surface area (Å²) in [5, 5.41) is 7.28. The minimum atomic E-state index is 0.167. The van der Waals surface area contributed by atoms with Gasteiger partial charge in [-0.1, -0.05) is 6.07 Å². The molecular formula is C12H20N4O2. The molecule has 1 heterocycles. The van der Waals surface area contributed by atoms with Crippen LogP contribution >= 0.6 is 0 Å². The van der Waals surface area contributed by atoms with Crippen LogP contribution in [-0.2, 0) is 4.74 Å². The predicted octanol–water partition coefficient (Wildman–Crippen LogP) is 0.869. The van der Waals surface area contributed by atoms with Crippen molar-refractivity contribution in [3.8, 4) is 5.88 Å². The van der Waals surface area contributed by atoms with Crippen LogP contribution in [-0.4, -0.2) is 44.7 Å². The Hall–Kier alpha value is -1.82. The lowest BCUT2D eigenvalue weighted by Crippen LogP contribution is -2.31. The summed E-state index contributed by atoms with van der Waals surface area (Å²) in [5.41, 5.74) is 5.38. The van der Waals surface area contributed by atoms with Crippen LogP contribution in [0.15, 0.2) is 18.2 Å². The molecule has 0 aliphatic heterocycles. The van der Waals surface area contributed by atoms with E-state index in [2.05, 4.69) is 4.98 Å². The van der Waals surface area contributed by atoms with E-state index in [1.807, 2.05) is 17.0 Å². The van der Waals surface area contributed by atoms with Gasteiger partial charge in [-0.3, -0.25) is 5.41 Å². The van der Waals surface area contributed by atoms with Gasteiger partial charge in [-0.25, -0.2) is 0 Å². The maximum absolute atomic E-state index is 7.28. The average molecular weight is 252 g/mol. The fraction of sp³-hybridized carbons (Fsp3) is 0.500. The summed E-state index contributed by atoms with van der Waals surface area (Å²) in [6.07, 6.45) is 0.503. The first-order valence-electron chi connectivity index (χ1n) is 5.75. The van der Waals surface area contributed by atoms with Gasteiger partial charge in [0, 0.05) is 32.7 Å². The Labute approximate surface area is 107 Å². The molecule has 3 N–H and O–H groups in total. The van der Waals surface area contributed by atoms with Gasteiger partial charge in [0.05, 0.1) is 19.6 Å². The minimum Gasteiger partial charge on any atom is -0.481 e. The Morgan fingerprint density at radius 2 is 2.17 bits per heavy atom. The summed E-state index contributed by atoms with van der Waals surface area (Å²) >= 11 is 0. The van der Waals surface area contributed by atoms with Crippen molar-refractivity contribution in [1.82, 2.24) is 4.98 Å². The summed E-state index contributed by atoms with van der Waals surface area (Å²) in [4.78, 5) is 6.38. The average Bonchev–Trinajstić information content (AvgIpc) is 2.38. The van der Waals surface area contributed by atoms with Gasteiger partial charge in [-0.2, -0.15) is 4.98 Å². The topological polar surface area (TPSA) is 84.5 Å². The molecule has 0 aliphatic carbocycles. The summed E-state index contributed by atoms with van der Waals surface area (Å²) in [6.45, 7) is 1.93. The van der Waals surface area contributed by atoms with Crippen LogP contribution in [0, 0.1) is 5.41 Å². The molecule has 0 radical (unpaired) electrons. The molecule has 0 atom stereocenters. The highest BCUT2D eigenvalue weighted by Gasteiger charge is 2.09. The normalized spacial score (nSPS) is 10.1. The van der Waals surface area contributed by atoms with Gasteiger partial charge in [0.1, 0.15) is 5.82 Å². The summed E-state index contributed by atoms with van der Waals surface area (Å²) in [7, 11) is 3.24. The van der Waals surface area contributed by atoms with Crippen molar-refractivity contribution in [2.45, 2.75) is 6.42 Å². The number of nitrogens with one attached hydrogen (secondary N) is 1. The minimum absolute atomic E-state index is 0.167. The smallest absolute Gasteiger partial charge is 0.214 e. The molecule has 18 heavy (non-hydrogen) atoms. The lowest BCUT2D eigenvalue weighted by molar-refractivity contribution is 0.205. The third-order valence-electron chi connectivity index (χ3n) is 2.46. The van der Waals surface area contributed by atoms with E-state index >= 15 is 0 Å². The van der Waals surface area contributed by atoms with Crippen LogP contribution in [0.4, 0.5) is 5.82 Å². The number of pyridine rings is 1. The van der Waals surface area contributed by atoms with Crippen LogP contribution in [0.25, 0.3) is 0 Å². The molecule has 0 bridgehead atoms. The van der Waals surface area contributed by atoms with Gasteiger partial charge in [0.15, 0.2) is 0 Å². The fourth-order valence-electron chi connectivity index (χ4n) is 1.49. The number of aromatic nitrogens is 1. The molecule has 0 amide bonds. The SMILES string of the molecule is COCCN(CCC(=N)N)c1cccc(OC)n1. The predicted molar refractivity (Wildman–Crippen MR) is 71.4 cm³/mol. The van der Waals surface area contributed by atoms with Crippen LogP contribution in [0.5, 0.6) is 5.88 Å². The molecule has 6 heteroatoms. The number of nitrogens with two attached hydrogens (primary N) is 1. The molecule has 0 saturated heterocycles. The Morgan fingerprint density at radius 1 is 1.39 bits per heavy atom. The van der Waals surface area contributed by atoms with Crippen molar-refractivity contribution in [2.24, 2.45) is 5.73 Å². The molecule has 0 fully saturated rings. The number of hydrogen-bond acceptors (Lipinski definition) is 5. The Balaban J connectivity index is 2.75. The number of amidine groups is 1. The van der Waals surface area contributed by atoms with Crippen molar-refractivity contribution >= 4 is 11.7 Å². The van der Waals surface area contributed by atoms with Crippen LogP contribution < -0.4 is 15.4 Å². The lowest BCUT2D eigenvalue weighted by Gasteiger charge is -2.23. The number of hydrogen-bond donors (Lipinski definition) is 2. The molecular weight excluding hydrogens is 232 g/mol. The quantitative estimate of drug-likeness (QED) is 0.529. The van der Waals surface area contributed by atoms with E-state index in [4.69, 9.17) is 20.6 Å². The van der Waals surface area contributed by atoms with E-state index in [9.17, 15) is 0 Å². The highest BCUT2D eigenvalue weighted by molar-refractivity contribution is 5.77. The highest BCUT2D eigenvalue weighted by Crippen LogP contribution is 2.15. The van der Waals surface area contributed by atoms with E-state index in [-0.39, 0.29) is 5.84 Å². The summed E-state index contributed by atoms with van der Waals surface area (Å²) < 4.78 is 10.2. The van der Waals surface area contributed by atoms with E-state index in [0.29, 0.717) is 32.0 Å². The molecule has 0 aliphatic rings. The third kappa shape index (κ3) is 4.58. The Bertz CT molecular complexity index is 384. The first-order valence-corrected chi connectivity index (χ1v) is 5.75. The zero-order valence-corrected chi connectivity index (χ0v) is 10.8. The van der Waals surface area contributed by atoms with Crippen molar-refractivity contribution < 1.29 is 9.47 Å². The number of methoxy groups -OCH3 is 2. The van der Waals surface area contributed by atoms with E-state index in [1.54, 1.807) is 20.3 Å². The second-order valence-corrected chi connectivity index (χ2v) is 3.79. The maximum atomic E-state index is 7.28. The number of ether oxygens (including phenoxy) is 2. The van der Waals surface area contributed by atoms with Gasteiger partial charge >= 0.3 is 0 Å². The van der Waals surface area contributed by atoms with Crippen molar-refractivity contribution in [3.05, 3.63) is 18.2 Å². The standard InChI is InChI=1S/C12H20N4O2/c1-17-9-8-16(7-6-10(13)14)11-4-3-5-12(15-11)18-2/h3-5H,6-9H2,1-2H3,(H3,13,14). The number of rotatable bonds is 8. The second kappa shape index (κ2) is 7.50. The van der Waals surface area contributed by atoms with E-state index < -0.39 is 0 Å². The van der Waals surface area contributed by atoms with Crippen LogP contribution in [0.3, 0.4) is 0 Å². The Morgan fingerprint density at radius 3 is 2.78 bits per heavy atom. The second-order valence-electron chi connectivity index (χ2n) is 3.79. The molecule has 1 aromatic rings. The molecule has 0 saturated carbocycles. The van der Waals surface area contributed by atoms with Gasteiger partial charge in [0.2, 0.25) is 5.88 Å². The molecule has 1 aromatic heterocycles. The zero-order chi connectivity index (χ0) is 13.4. The number of anilines is 1. The van der Waals surface area contributed by atoms with Gasteiger partial charge in [-0.15, -0.1) is 0 Å². The van der Waals surface area contributed by atoms with E-state index in [0.717, 1.165) is 5.82 Å². The first-order chi connectivity index (χ1) is 8.67. The molecule has 0 unspecified atom stereocenters. The Kier molecular flexibility index (Phi) is 5.93. The monoisotopic (exact) mass is 252 g/mol. The van der Waals surface area contributed by atoms with Gasteiger partial charge < -0.3 is 20.1 Å². The van der Waals surface area contributed by atoms with E-state index in [1.165, 1.54) is 0 Å². The zero-order valence-electron chi connectivity index (χ0n) is 10.8. The highest BCUT2D eigenvalue weighted by atomic mass is 16.5. The van der Waals surface area contributed by atoms with Crippen molar-refractivity contribution in [3.63, 3.8) is 0 Å². The van der Waals surface area contributed by atoms with Crippen LogP contribution in [0.2, 0.25) is 0 Å². The molecule has 0 spiro atoms. The van der Waals surface area contributed by atoms with Crippen molar-refractivity contribution in [2.75, 3.05) is 38.8 Å².